The lowest BCUT2D eigenvalue weighted by Crippen LogP contribution is -2.55. The van der Waals surface area contributed by atoms with E-state index in [4.69, 9.17) is 25.8 Å². The van der Waals surface area contributed by atoms with E-state index >= 15 is 0 Å². The van der Waals surface area contributed by atoms with E-state index in [9.17, 15) is 23.9 Å². The maximum absolute atomic E-state index is 13.7. The second kappa shape index (κ2) is 12.8. The number of aliphatic carboxylic acids is 1. The van der Waals surface area contributed by atoms with Gasteiger partial charge in [-0.2, -0.15) is 0 Å². The Morgan fingerprint density at radius 2 is 1.81 bits per heavy atom. The number of ether oxygens (including phenoxy) is 3. The van der Waals surface area contributed by atoms with Crippen LogP contribution in [0.5, 0.6) is 11.5 Å². The second-order valence-corrected chi connectivity index (χ2v) is 12.3. The molecule has 0 aromatic heterocycles. The van der Waals surface area contributed by atoms with Crippen LogP contribution in [0, 0.1) is 11.2 Å². The summed E-state index contributed by atoms with van der Waals surface area (Å²) >= 11 is 6.48. The molecule has 2 amide bonds. The van der Waals surface area contributed by atoms with Crippen LogP contribution in [-0.2, 0) is 20.7 Å². The maximum atomic E-state index is 13.7. The van der Waals surface area contributed by atoms with Gasteiger partial charge in [0, 0.05) is 19.2 Å². The van der Waals surface area contributed by atoms with Crippen molar-refractivity contribution in [1.82, 2.24) is 4.90 Å². The van der Waals surface area contributed by atoms with Crippen LogP contribution in [0.1, 0.15) is 58.9 Å². The fourth-order valence-corrected chi connectivity index (χ4v) is 5.37. The van der Waals surface area contributed by atoms with Gasteiger partial charge < -0.3 is 24.2 Å². The highest BCUT2D eigenvalue weighted by molar-refractivity contribution is 6.32. The topological polar surface area (TPSA) is 106 Å². The SMILES string of the molecule is CCCCOc1cc2c(cc1Cl)N(C(=O)OC(C)(C)C)CC(C(=O)N1CCC(Cc3ccc(F)cc3)(C(=O)O)CC1)O2. The van der Waals surface area contributed by atoms with Crippen LogP contribution in [0.25, 0.3) is 0 Å². The van der Waals surface area contributed by atoms with Crippen molar-refractivity contribution in [3.8, 4) is 11.5 Å². The van der Waals surface area contributed by atoms with E-state index in [-0.39, 0.29) is 56.4 Å². The number of carbonyl (C=O) groups is 3. The van der Waals surface area contributed by atoms with E-state index in [2.05, 4.69) is 0 Å². The number of rotatable bonds is 8. The molecular weight excluding hydrogens is 567 g/mol. The zero-order chi connectivity index (χ0) is 30.7. The smallest absolute Gasteiger partial charge is 0.415 e. The Morgan fingerprint density at radius 3 is 2.40 bits per heavy atom. The lowest BCUT2D eigenvalue weighted by molar-refractivity contribution is -0.155. The van der Waals surface area contributed by atoms with Gasteiger partial charge in [0.2, 0.25) is 0 Å². The molecular formula is C31H38ClFN2O7. The molecule has 0 spiro atoms. The van der Waals surface area contributed by atoms with Crippen LogP contribution < -0.4 is 14.4 Å². The van der Waals surface area contributed by atoms with Crippen molar-refractivity contribution < 1.29 is 38.1 Å². The van der Waals surface area contributed by atoms with Crippen LogP contribution in [-0.4, -0.2) is 65.9 Å². The lowest BCUT2D eigenvalue weighted by Gasteiger charge is -2.41. The van der Waals surface area contributed by atoms with Gasteiger partial charge in [-0.25, -0.2) is 9.18 Å². The van der Waals surface area contributed by atoms with Gasteiger partial charge in [0.1, 0.15) is 22.9 Å². The number of carboxylic acid groups (broad SMARTS) is 1. The molecule has 1 unspecified atom stereocenters. The summed E-state index contributed by atoms with van der Waals surface area (Å²) in [5, 5.41) is 10.4. The highest BCUT2D eigenvalue weighted by Gasteiger charge is 2.45. The van der Waals surface area contributed by atoms with Crippen molar-refractivity contribution in [2.24, 2.45) is 5.41 Å². The summed E-state index contributed by atoms with van der Waals surface area (Å²) in [5.41, 5.74) is -0.781. The van der Waals surface area contributed by atoms with E-state index in [0.29, 0.717) is 23.1 Å². The third-order valence-corrected chi connectivity index (χ3v) is 7.80. The van der Waals surface area contributed by atoms with Crippen molar-refractivity contribution in [3.63, 3.8) is 0 Å². The number of anilines is 1. The first-order valence-corrected chi connectivity index (χ1v) is 14.6. The zero-order valence-electron chi connectivity index (χ0n) is 24.5. The van der Waals surface area contributed by atoms with Crippen LogP contribution in [0.15, 0.2) is 36.4 Å². The van der Waals surface area contributed by atoms with Gasteiger partial charge in [-0.1, -0.05) is 37.1 Å². The van der Waals surface area contributed by atoms with Gasteiger partial charge in [0.05, 0.1) is 29.3 Å². The second-order valence-electron chi connectivity index (χ2n) is 11.9. The Hall–Kier alpha value is -3.53. The average molecular weight is 605 g/mol. The summed E-state index contributed by atoms with van der Waals surface area (Å²) < 4.78 is 30.9. The van der Waals surface area contributed by atoms with E-state index in [1.165, 1.54) is 17.0 Å². The summed E-state index contributed by atoms with van der Waals surface area (Å²) in [6.45, 7) is 8.02. The molecule has 228 valence electrons. The Kier molecular flexibility index (Phi) is 9.55. The first kappa shape index (κ1) is 31.4. The average Bonchev–Trinajstić information content (AvgIpc) is 2.93. The Bertz CT molecular complexity index is 1300. The number of hydrogen-bond donors (Lipinski definition) is 1. The standard InChI is InChI=1S/C31H38ClFN2O7/c1-5-6-15-40-24-17-25-23(16-22(24)32)35(29(39)42-30(2,3)4)19-26(41-25)27(36)34-13-11-31(12-14-34,28(37)38)18-20-7-9-21(33)10-8-20/h7-10,16-17,26H,5-6,11-15,18-19H2,1-4H3,(H,37,38). The molecule has 0 radical (unpaired) electrons. The van der Waals surface area contributed by atoms with Gasteiger partial charge in [0.25, 0.3) is 5.91 Å². The quantitative estimate of drug-likeness (QED) is 0.363. The molecule has 0 aliphatic carbocycles. The van der Waals surface area contributed by atoms with Crippen LogP contribution in [0.2, 0.25) is 5.02 Å². The van der Waals surface area contributed by atoms with Crippen molar-refractivity contribution in [2.75, 3.05) is 31.1 Å². The van der Waals surface area contributed by atoms with Crippen molar-refractivity contribution in [2.45, 2.75) is 71.5 Å². The summed E-state index contributed by atoms with van der Waals surface area (Å²) in [6.07, 6.45) is 0.725. The van der Waals surface area contributed by atoms with Gasteiger partial charge in [-0.15, -0.1) is 0 Å². The molecule has 2 heterocycles. The molecule has 1 atom stereocenters. The fourth-order valence-electron chi connectivity index (χ4n) is 5.16. The highest BCUT2D eigenvalue weighted by atomic mass is 35.5. The number of likely N-dealkylation sites (tertiary alicyclic amines) is 1. The molecule has 2 aromatic rings. The Balaban J connectivity index is 1.54. The maximum Gasteiger partial charge on any atom is 0.415 e. The number of carboxylic acids is 1. The number of fused-ring (bicyclic) bond motifs is 1. The lowest BCUT2D eigenvalue weighted by atomic mass is 9.73. The third-order valence-electron chi connectivity index (χ3n) is 7.51. The van der Waals surface area contributed by atoms with Crippen LogP contribution in [0.3, 0.4) is 0 Å². The van der Waals surface area contributed by atoms with Crippen molar-refractivity contribution >= 4 is 35.3 Å². The molecule has 1 fully saturated rings. The van der Waals surface area contributed by atoms with E-state index < -0.39 is 29.2 Å². The fraction of sp³-hybridized carbons (Fsp3) is 0.516. The molecule has 42 heavy (non-hydrogen) atoms. The third kappa shape index (κ3) is 7.27. The number of piperidine rings is 1. The number of halogens is 2. The predicted molar refractivity (Wildman–Crippen MR) is 156 cm³/mol. The van der Waals surface area contributed by atoms with Gasteiger partial charge in [-0.3, -0.25) is 14.5 Å². The van der Waals surface area contributed by atoms with Gasteiger partial charge >= 0.3 is 12.1 Å². The summed E-state index contributed by atoms with van der Waals surface area (Å²) in [4.78, 5) is 42.3. The number of carbonyl (C=O) groups excluding carboxylic acids is 2. The van der Waals surface area contributed by atoms with Crippen LogP contribution in [0.4, 0.5) is 14.9 Å². The first-order valence-electron chi connectivity index (χ1n) is 14.2. The molecule has 0 saturated carbocycles. The molecule has 4 rings (SSSR count). The van der Waals surface area contributed by atoms with E-state index in [1.54, 1.807) is 49.9 Å². The minimum atomic E-state index is -1.08. The minimum absolute atomic E-state index is 0.108. The molecule has 9 nitrogen and oxygen atoms in total. The molecule has 1 N–H and O–H groups in total. The molecule has 2 aliphatic rings. The molecule has 2 aromatic carbocycles. The van der Waals surface area contributed by atoms with E-state index in [0.717, 1.165) is 18.4 Å². The number of hydrogen-bond acceptors (Lipinski definition) is 6. The molecule has 11 heteroatoms. The number of nitrogens with zero attached hydrogens (tertiary/aromatic N) is 2. The number of amides is 2. The van der Waals surface area contributed by atoms with E-state index in [1.807, 2.05) is 6.92 Å². The normalized spacial score (nSPS) is 18.1. The zero-order valence-corrected chi connectivity index (χ0v) is 25.2. The highest BCUT2D eigenvalue weighted by Crippen LogP contribution is 2.42. The largest absolute Gasteiger partial charge is 0.492 e. The number of benzene rings is 2. The van der Waals surface area contributed by atoms with Crippen LogP contribution >= 0.6 is 11.6 Å². The molecule has 1 saturated heterocycles. The first-order chi connectivity index (χ1) is 19.8. The van der Waals surface area contributed by atoms with Gasteiger partial charge in [-0.05, 0) is 70.2 Å². The summed E-state index contributed by atoms with van der Waals surface area (Å²) in [7, 11) is 0. The predicted octanol–water partition coefficient (Wildman–Crippen LogP) is 6.10. The molecule has 0 bridgehead atoms. The molecule has 2 aliphatic heterocycles. The summed E-state index contributed by atoms with van der Waals surface area (Å²) in [6, 6.07) is 8.95. The summed E-state index contributed by atoms with van der Waals surface area (Å²) in [5.74, 6) is -1.07. The van der Waals surface area contributed by atoms with Crippen molar-refractivity contribution in [3.05, 3.63) is 52.8 Å². The Morgan fingerprint density at radius 1 is 1.14 bits per heavy atom. The van der Waals surface area contributed by atoms with Gasteiger partial charge in [0.15, 0.2) is 6.10 Å². The monoisotopic (exact) mass is 604 g/mol. The van der Waals surface area contributed by atoms with Crippen molar-refractivity contribution in [1.29, 1.82) is 0 Å². The number of unbranched alkanes of at least 4 members (excludes halogenated alkanes) is 1. The minimum Gasteiger partial charge on any atom is -0.492 e. The Labute approximate surface area is 250 Å².